The maximum absolute atomic E-state index is 13.7. The minimum absolute atomic E-state index is 0.324. The molecular formula is C26H23FN4O3. The molecule has 0 unspecified atom stereocenters. The summed E-state index contributed by atoms with van der Waals surface area (Å²) in [6.45, 7) is 1.84. The number of allylic oxidation sites excluding steroid dienone is 1. The van der Waals surface area contributed by atoms with Crippen LogP contribution in [0.15, 0.2) is 78.0 Å². The van der Waals surface area contributed by atoms with E-state index in [1.165, 1.54) is 24.3 Å². The second-order valence-corrected chi connectivity index (χ2v) is 7.90. The second-order valence-electron chi connectivity index (χ2n) is 7.90. The molecule has 1 aromatic heterocycles. The number of fused-ring (bicyclic) bond motifs is 3. The zero-order valence-corrected chi connectivity index (χ0v) is 18.9. The summed E-state index contributed by atoms with van der Waals surface area (Å²) in [5, 5.41) is 6.18. The molecule has 0 saturated carbocycles. The van der Waals surface area contributed by atoms with Crippen LogP contribution in [0, 0.1) is 5.82 Å². The Kier molecular flexibility index (Phi) is 5.41. The van der Waals surface area contributed by atoms with Gasteiger partial charge in [-0.2, -0.15) is 0 Å². The first-order chi connectivity index (χ1) is 16.5. The summed E-state index contributed by atoms with van der Waals surface area (Å²) in [6.07, 6.45) is 0. The number of hydrogen-bond acceptors (Lipinski definition) is 5. The van der Waals surface area contributed by atoms with Crippen molar-refractivity contribution in [1.82, 2.24) is 9.55 Å². The van der Waals surface area contributed by atoms with Gasteiger partial charge in [0, 0.05) is 16.9 Å². The Morgan fingerprint density at radius 2 is 1.79 bits per heavy atom. The molecule has 172 valence electrons. The van der Waals surface area contributed by atoms with Crippen LogP contribution in [0.5, 0.6) is 11.5 Å². The first kappa shape index (κ1) is 21.5. The lowest BCUT2D eigenvalue weighted by molar-refractivity contribution is -0.113. The topological polar surface area (TPSA) is 77.4 Å². The highest BCUT2D eigenvalue weighted by molar-refractivity contribution is 6.06. The Labute approximate surface area is 195 Å². The summed E-state index contributed by atoms with van der Waals surface area (Å²) in [5.74, 6) is 1.00. The number of ether oxygens (including phenoxy) is 2. The molecule has 0 aliphatic carbocycles. The summed E-state index contributed by atoms with van der Waals surface area (Å²) in [7, 11) is 3.15. The Balaban J connectivity index is 1.71. The molecule has 1 atom stereocenters. The molecule has 8 heteroatoms. The molecule has 2 N–H and O–H groups in total. The van der Waals surface area contributed by atoms with E-state index in [0.29, 0.717) is 34.4 Å². The molecule has 7 nitrogen and oxygen atoms in total. The Bertz CT molecular complexity index is 1430. The number of carbonyl (C=O) groups excluding carboxylic acids is 1. The van der Waals surface area contributed by atoms with Gasteiger partial charge in [-0.25, -0.2) is 9.37 Å². The van der Waals surface area contributed by atoms with Gasteiger partial charge in [0.1, 0.15) is 5.82 Å². The van der Waals surface area contributed by atoms with E-state index in [2.05, 4.69) is 10.6 Å². The van der Waals surface area contributed by atoms with Gasteiger partial charge >= 0.3 is 0 Å². The number of imidazole rings is 1. The maximum Gasteiger partial charge on any atom is 0.255 e. The summed E-state index contributed by atoms with van der Waals surface area (Å²) < 4.78 is 26.7. The van der Waals surface area contributed by atoms with Crippen molar-refractivity contribution in [3.8, 4) is 11.5 Å². The quantitative estimate of drug-likeness (QED) is 0.434. The van der Waals surface area contributed by atoms with Gasteiger partial charge in [-0.15, -0.1) is 0 Å². The Morgan fingerprint density at radius 1 is 1.03 bits per heavy atom. The number of halogens is 1. The molecule has 2 heterocycles. The predicted molar refractivity (Wildman–Crippen MR) is 129 cm³/mol. The third-order valence-corrected chi connectivity index (χ3v) is 5.91. The van der Waals surface area contributed by atoms with Crippen LogP contribution < -0.4 is 20.1 Å². The number of methoxy groups -OCH3 is 2. The number of aromatic nitrogens is 2. The van der Waals surface area contributed by atoms with Gasteiger partial charge in [-0.3, -0.25) is 9.36 Å². The molecule has 1 aliphatic rings. The molecule has 5 rings (SSSR count). The maximum atomic E-state index is 13.7. The van der Waals surface area contributed by atoms with Crippen LogP contribution >= 0.6 is 0 Å². The van der Waals surface area contributed by atoms with Crippen molar-refractivity contribution in [2.75, 3.05) is 24.9 Å². The fourth-order valence-electron chi connectivity index (χ4n) is 4.41. The molecule has 0 radical (unpaired) electrons. The smallest absolute Gasteiger partial charge is 0.255 e. The third-order valence-electron chi connectivity index (χ3n) is 5.91. The standard InChI is InChI=1S/C26H23FN4O3/c1-15-22(25(32)29-17-13-11-16(27)12-14-17)23(18-7-6-10-21(33-2)24(18)34-3)31-20-9-5-4-8-19(20)30-26(31)28-15/h4-14,23H,1-3H3,(H,28,30)(H,29,32)/t23-/m0/s1. The van der Waals surface area contributed by atoms with Gasteiger partial charge in [-0.05, 0) is 49.4 Å². The third kappa shape index (κ3) is 3.53. The SMILES string of the molecule is COc1cccc([C@H]2C(C(=O)Nc3ccc(F)cc3)=C(C)Nc3nc4ccccc4n32)c1OC. The van der Waals surface area contributed by atoms with Crippen molar-refractivity contribution in [2.45, 2.75) is 13.0 Å². The number of nitrogens with zero attached hydrogens (tertiary/aromatic N) is 2. The van der Waals surface area contributed by atoms with Crippen molar-refractivity contribution in [1.29, 1.82) is 0 Å². The number of para-hydroxylation sites is 3. The highest BCUT2D eigenvalue weighted by Crippen LogP contribution is 2.45. The molecule has 1 amide bonds. The lowest BCUT2D eigenvalue weighted by atomic mass is 9.93. The molecule has 0 saturated heterocycles. The number of hydrogen-bond donors (Lipinski definition) is 2. The Hall–Kier alpha value is -4.33. The lowest BCUT2D eigenvalue weighted by Gasteiger charge is -2.31. The fraction of sp³-hybridized carbons (Fsp3) is 0.154. The normalized spacial score (nSPS) is 15.0. The van der Waals surface area contributed by atoms with E-state index >= 15 is 0 Å². The van der Waals surface area contributed by atoms with Gasteiger partial charge in [0.25, 0.3) is 5.91 Å². The largest absolute Gasteiger partial charge is 0.493 e. The number of rotatable bonds is 5. The first-order valence-electron chi connectivity index (χ1n) is 10.7. The van der Waals surface area contributed by atoms with Crippen LogP contribution in [0.25, 0.3) is 11.0 Å². The predicted octanol–water partition coefficient (Wildman–Crippen LogP) is 5.12. The van der Waals surface area contributed by atoms with E-state index in [1.807, 2.05) is 54.0 Å². The van der Waals surface area contributed by atoms with Crippen molar-refractivity contribution in [3.63, 3.8) is 0 Å². The summed E-state index contributed by atoms with van der Waals surface area (Å²) >= 11 is 0. The van der Waals surface area contributed by atoms with Crippen LogP contribution in [0.3, 0.4) is 0 Å². The molecule has 4 aromatic rings. The van der Waals surface area contributed by atoms with Crippen molar-refractivity contribution < 1.29 is 18.7 Å². The average molecular weight is 458 g/mol. The number of benzene rings is 3. The molecular weight excluding hydrogens is 435 g/mol. The molecule has 34 heavy (non-hydrogen) atoms. The number of nitrogens with one attached hydrogen (secondary N) is 2. The number of carbonyl (C=O) groups is 1. The molecule has 1 aliphatic heterocycles. The van der Waals surface area contributed by atoms with Crippen LogP contribution in [0.4, 0.5) is 16.0 Å². The van der Waals surface area contributed by atoms with Gasteiger partial charge < -0.3 is 20.1 Å². The van der Waals surface area contributed by atoms with Crippen LogP contribution in [-0.4, -0.2) is 29.7 Å². The lowest BCUT2D eigenvalue weighted by Crippen LogP contribution is -2.31. The van der Waals surface area contributed by atoms with Gasteiger partial charge in [-0.1, -0.05) is 24.3 Å². The average Bonchev–Trinajstić information content (AvgIpc) is 3.21. The second kappa shape index (κ2) is 8.55. The van der Waals surface area contributed by atoms with Crippen LogP contribution in [0.2, 0.25) is 0 Å². The van der Waals surface area contributed by atoms with Crippen LogP contribution in [0.1, 0.15) is 18.5 Å². The van der Waals surface area contributed by atoms with Gasteiger partial charge in [0.15, 0.2) is 11.5 Å². The van der Waals surface area contributed by atoms with Crippen LogP contribution in [-0.2, 0) is 4.79 Å². The highest BCUT2D eigenvalue weighted by atomic mass is 19.1. The first-order valence-corrected chi connectivity index (χ1v) is 10.7. The molecule has 0 fully saturated rings. The number of amides is 1. The number of anilines is 2. The fourth-order valence-corrected chi connectivity index (χ4v) is 4.41. The zero-order chi connectivity index (χ0) is 23.8. The van der Waals surface area contributed by atoms with Gasteiger partial charge in [0.05, 0.1) is 36.9 Å². The highest BCUT2D eigenvalue weighted by Gasteiger charge is 2.36. The van der Waals surface area contributed by atoms with Crippen molar-refractivity contribution >= 4 is 28.6 Å². The van der Waals surface area contributed by atoms with E-state index < -0.39 is 6.04 Å². The minimum Gasteiger partial charge on any atom is -0.493 e. The summed E-state index contributed by atoms with van der Waals surface area (Å²) in [4.78, 5) is 18.4. The van der Waals surface area contributed by atoms with E-state index in [0.717, 1.165) is 16.6 Å². The van der Waals surface area contributed by atoms with Crippen molar-refractivity contribution in [3.05, 3.63) is 89.4 Å². The van der Waals surface area contributed by atoms with E-state index in [-0.39, 0.29) is 11.7 Å². The van der Waals surface area contributed by atoms with Crippen molar-refractivity contribution in [2.24, 2.45) is 0 Å². The zero-order valence-electron chi connectivity index (χ0n) is 18.9. The molecule has 3 aromatic carbocycles. The van der Waals surface area contributed by atoms with E-state index in [9.17, 15) is 9.18 Å². The molecule has 0 spiro atoms. The summed E-state index contributed by atoms with van der Waals surface area (Å²) in [6, 6.07) is 18.4. The monoisotopic (exact) mass is 458 g/mol. The molecule has 0 bridgehead atoms. The summed E-state index contributed by atoms with van der Waals surface area (Å²) in [5.41, 5.74) is 4.02. The van der Waals surface area contributed by atoms with Gasteiger partial charge in [0.2, 0.25) is 5.95 Å². The minimum atomic E-state index is -0.561. The van der Waals surface area contributed by atoms with E-state index in [1.54, 1.807) is 14.2 Å². The van der Waals surface area contributed by atoms with E-state index in [4.69, 9.17) is 14.5 Å². The Morgan fingerprint density at radius 3 is 2.53 bits per heavy atom.